The molecule has 1 amide bonds. The van der Waals surface area contributed by atoms with Gasteiger partial charge in [0.2, 0.25) is 5.91 Å². The van der Waals surface area contributed by atoms with E-state index >= 15 is 0 Å². The molecule has 0 bridgehead atoms. The number of para-hydroxylation sites is 1. The summed E-state index contributed by atoms with van der Waals surface area (Å²) in [5.41, 5.74) is 3.06. The summed E-state index contributed by atoms with van der Waals surface area (Å²) in [6.45, 7) is 5.69. The Balaban J connectivity index is 1.96. The number of amides is 1. The van der Waals surface area contributed by atoms with E-state index in [-0.39, 0.29) is 11.4 Å². The molecule has 0 unspecified atom stereocenters. The molecule has 3 rings (SSSR count). The van der Waals surface area contributed by atoms with Crippen LogP contribution in [0.1, 0.15) is 30.9 Å². The van der Waals surface area contributed by atoms with Gasteiger partial charge in [0.1, 0.15) is 6.54 Å². The summed E-state index contributed by atoms with van der Waals surface area (Å²) in [5.74, 6) is -0.120. The first kappa shape index (κ1) is 23.0. The summed E-state index contributed by atoms with van der Waals surface area (Å²) in [7, 11) is -3.94. The highest BCUT2D eigenvalue weighted by Crippen LogP contribution is 2.27. The van der Waals surface area contributed by atoms with Crippen LogP contribution in [0.25, 0.3) is 0 Å². The largest absolute Gasteiger partial charge is 0.323 e. The van der Waals surface area contributed by atoms with E-state index < -0.39 is 15.9 Å². The summed E-state index contributed by atoms with van der Waals surface area (Å²) in [5, 5.41) is 2.78. The number of hydrogen-bond acceptors (Lipinski definition) is 3. The Bertz CT molecular complexity index is 1160. The van der Waals surface area contributed by atoms with E-state index in [1.165, 1.54) is 0 Å². The quantitative estimate of drug-likeness (QED) is 0.451. The molecule has 0 aliphatic carbocycles. The van der Waals surface area contributed by atoms with Gasteiger partial charge in [-0.3, -0.25) is 9.10 Å². The lowest BCUT2D eigenvalue weighted by molar-refractivity contribution is -0.114. The van der Waals surface area contributed by atoms with Crippen molar-refractivity contribution in [3.05, 3.63) is 88.4 Å². The van der Waals surface area contributed by atoms with Crippen molar-refractivity contribution in [1.82, 2.24) is 0 Å². The summed E-state index contributed by atoms with van der Waals surface area (Å²) in [6, 6.07) is 21.1. The molecule has 0 heterocycles. The van der Waals surface area contributed by atoms with Crippen LogP contribution >= 0.6 is 15.9 Å². The van der Waals surface area contributed by atoms with Crippen LogP contribution in [0.5, 0.6) is 0 Å². The first-order valence-corrected chi connectivity index (χ1v) is 12.2. The van der Waals surface area contributed by atoms with Crippen LogP contribution in [0.15, 0.2) is 82.2 Å². The molecule has 0 saturated carbocycles. The average Bonchev–Trinajstić information content (AvgIpc) is 2.74. The Morgan fingerprint density at radius 3 is 2.16 bits per heavy atom. The minimum atomic E-state index is -3.94. The normalized spacial score (nSPS) is 11.4. The first-order chi connectivity index (χ1) is 14.7. The Kier molecular flexibility index (Phi) is 7.18. The number of carbonyl (C=O) groups excluding carboxylic acids is 1. The van der Waals surface area contributed by atoms with Gasteiger partial charge in [-0.25, -0.2) is 8.42 Å². The molecule has 0 radical (unpaired) electrons. The van der Waals surface area contributed by atoms with Crippen LogP contribution in [-0.2, 0) is 14.8 Å². The number of sulfonamides is 1. The highest BCUT2D eigenvalue weighted by Gasteiger charge is 2.27. The summed E-state index contributed by atoms with van der Waals surface area (Å²) in [4.78, 5) is 13.0. The van der Waals surface area contributed by atoms with Crippen molar-refractivity contribution >= 4 is 43.2 Å². The zero-order chi connectivity index (χ0) is 22.6. The Morgan fingerprint density at radius 2 is 1.58 bits per heavy atom. The van der Waals surface area contributed by atoms with E-state index in [1.807, 2.05) is 25.1 Å². The number of rotatable bonds is 7. The van der Waals surface area contributed by atoms with E-state index in [1.54, 1.807) is 54.6 Å². The zero-order valence-electron chi connectivity index (χ0n) is 17.7. The number of aryl methyl sites for hydroxylation is 1. The second-order valence-corrected chi connectivity index (χ2v) is 10.3. The number of anilines is 2. The monoisotopic (exact) mass is 500 g/mol. The van der Waals surface area contributed by atoms with E-state index in [2.05, 4.69) is 35.1 Å². The van der Waals surface area contributed by atoms with Crippen molar-refractivity contribution in [2.24, 2.45) is 0 Å². The molecule has 0 aliphatic heterocycles. The standard InChI is InChI=1S/C24H25BrN2O3S/c1-17(2)19-10-12-20(13-11-19)27(31(29,30)21-14-8-18(3)9-15-21)16-24(28)26-23-7-5-4-6-22(23)25/h4-15,17H,16H2,1-3H3,(H,26,28). The van der Waals surface area contributed by atoms with Crippen LogP contribution in [0.4, 0.5) is 11.4 Å². The molecule has 0 aliphatic rings. The van der Waals surface area contributed by atoms with Gasteiger partial charge >= 0.3 is 0 Å². The Labute approximate surface area is 192 Å². The number of halogens is 1. The van der Waals surface area contributed by atoms with E-state index in [0.717, 1.165) is 19.9 Å². The first-order valence-electron chi connectivity index (χ1n) is 9.92. The second kappa shape index (κ2) is 9.66. The van der Waals surface area contributed by atoms with Gasteiger partial charge < -0.3 is 5.32 Å². The van der Waals surface area contributed by atoms with Crippen molar-refractivity contribution in [1.29, 1.82) is 0 Å². The van der Waals surface area contributed by atoms with Crippen molar-refractivity contribution in [3.8, 4) is 0 Å². The van der Waals surface area contributed by atoms with Crippen molar-refractivity contribution < 1.29 is 13.2 Å². The van der Waals surface area contributed by atoms with Crippen LogP contribution in [0.3, 0.4) is 0 Å². The topological polar surface area (TPSA) is 66.5 Å². The molecule has 3 aromatic rings. The lowest BCUT2D eigenvalue weighted by Gasteiger charge is -2.24. The molecule has 0 aromatic heterocycles. The van der Waals surface area contributed by atoms with Crippen LogP contribution in [0, 0.1) is 6.92 Å². The molecule has 1 N–H and O–H groups in total. The van der Waals surface area contributed by atoms with E-state index in [4.69, 9.17) is 0 Å². The molecule has 0 fully saturated rings. The lowest BCUT2D eigenvalue weighted by Crippen LogP contribution is -2.38. The maximum atomic E-state index is 13.5. The molecule has 5 nitrogen and oxygen atoms in total. The minimum absolute atomic E-state index is 0.139. The fraction of sp³-hybridized carbons (Fsp3) is 0.208. The number of carbonyl (C=O) groups is 1. The fourth-order valence-corrected chi connectivity index (χ4v) is 4.87. The predicted octanol–water partition coefficient (Wildman–Crippen LogP) is 5.71. The summed E-state index contributed by atoms with van der Waals surface area (Å²) in [6.07, 6.45) is 0. The van der Waals surface area contributed by atoms with Gasteiger partial charge in [-0.05, 0) is 70.7 Å². The van der Waals surface area contributed by atoms with Gasteiger partial charge in [0.15, 0.2) is 0 Å². The van der Waals surface area contributed by atoms with E-state index in [9.17, 15) is 13.2 Å². The fourth-order valence-electron chi connectivity index (χ4n) is 3.06. The molecule has 31 heavy (non-hydrogen) atoms. The lowest BCUT2D eigenvalue weighted by atomic mass is 10.0. The van der Waals surface area contributed by atoms with E-state index in [0.29, 0.717) is 17.3 Å². The summed E-state index contributed by atoms with van der Waals surface area (Å²) < 4.78 is 28.8. The van der Waals surface area contributed by atoms with Gasteiger partial charge in [0.05, 0.1) is 16.3 Å². The number of benzene rings is 3. The number of hydrogen-bond donors (Lipinski definition) is 1. The number of nitrogens with zero attached hydrogens (tertiary/aromatic N) is 1. The molecule has 0 atom stereocenters. The van der Waals surface area contributed by atoms with Gasteiger partial charge in [-0.1, -0.05) is 55.8 Å². The van der Waals surface area contributed by atoms with Crippen LogP contribution < -0.4 is 9.62 Å². The molecular formula is C24H25BrN2O3S. The molecule has 3 aromatic carbocycles. The van der Waals surface area contributed by atoms with Crippen LogP contribution in [0.2, 0.25) is 0 Å². The van der Waals surface area contributed by atoms with Crippen molar-refractivity contribution in [2.45, 2.75) is 31.6 Å². The van der Waals surface area contributed by atoms with Crippen molar-refractivity contribution in [3.63, 3.8) is 0 Å². The van der Waals surface area contributed by atoms with Gasteiger partial charge in [-0.15, -0.1) is 0 Å². The molecule has 7 heteroatoms. The summed E-state index contributed by atoms with van der Waals surface area (Å²) >= 11 is 3.39. The molecule has 0 saturated heterocycles. The third-order valence-electron chi connectivity index (χ3n) is 4.89. The second-order valence-electron chi connectivity index (χ2n) is 7.60. The highest BCUT2D eigenvalue weighted by atomic mass is 79.9. The Morgan fingerprint density at radius 1 is 0.968 bits per heavy atom. The SMILES string of the molecule is Cc1ccc(S(=O)(=O)N(CC(=O)Nc2ccccc2Br)c2ccc(C(C)C)cc2)cc1. The number of nitrogens with one attached hydrogen (secondary N) is 1. The highest BCUT2D eigenvalue weighted by molar-refractivity contribution is 9.10. The zero-order valence-corrected chi connectivity index (χ0v) is 20.1. The van der Waals surface area contributed by atoms with Gasteiger partial charge in [-0.2, -0.15) is 0 Å². The third kappa shape index (κ3) is 5.54. The maximum absolute atomic E-state index is 13.5. The van der Waals surface area contributed by atoms with Gasteiger partial charge in [0.25, 0.3) is 10.0 Å². The average molecular weight is 501 g/mol. The molecule has 162 valence electrons. The Hall–Kier alpha value is -2.64. The molecular weight excluding hydrogens is 476 g/mol. The maximum Gasteiger partial charge on any atom is 0.264 e. The third-order valence-corrected chi connectivity index (χ3v) is 7.37. The smallest absolute Gasteiger partial charge is 0.264 e. The van der Waals surface area contributed by atoms with Gasteiger partial charge in [0, 0.05) is 4.47 Å². The van der Waals surface area contributed by atoms with Crippen molar-refractivity contribution in [2.75, 3.05) is 16.2 Å². The predicted molar refractivity (Wildman–Crippen MR) is 129 cm³/mol. The minimum Gasteiger partial charge on any atom is -0.323 e. The molecule has 0 spiro atoms. The van der Waals surface area contributed by atoms with Crippen LogP contribution in [-0.4, -0.2) is 20.9 Å².